The molecule has 1 saturated heterocycles. The van der Waals surface area contributed by atoms with Crippen LogP contribution >= 0.6 is 12.2 Å². The average Bonchev–Trinajstić information content (AvgIpc) is 2.80. The van der Waals surface area contributed by atoms with Crippen molar-refractivity contribution in [2.45, 2.75) is 13.2 Å². The second-order valence-electron chi connectivity index (χ2n) is 4.84. The molecule has 0 bridgehead atoms. The molecule has 0 spiro atoms. The molecule has 0 aliphatic carbocycles. The Morgan fingerprint density at radius 1 is 1.35 bits per heavy atom. The molecular formula is C13H21N5OS. The van der Waals surface area contributed by atoms with Gasteiger partial charge >= 0.3 is 0 Å². The van der Waals surface area contributed by atoms with Gasteiger partial charge in [-0.2, -0.15) is 5.10 Å². The van der Waals surface area contributed by atoms with Gasteiger partial charge in [0.15, 0.2) is 4.77 Å². The topological polar surface area (TPSA) is 38.5 Å². The van der Waals surface area contributed by atoms with Crippen molar-refractivity contribution in [3.63, 3.8) is 0 Å². The van der Waals surface area contributed by atoms with Gasteiger partial charge in [0.2, 0.25) is 0 Å². The molecule has 0 unspecified atom stereocenters. The van der Waals surface area contributed by atoms with Gasteiger partial charge in [-0.25, -0.2) is 4.68 Å². The van der Waals surface area contributed by atoms with Crippen LogP contribution in [0.25, 0.3) is 0 Å². The summed E-state index contributed by atoms with van der Waals surface area (Å²) in [5, 5.41) is 4.35. The van der Waals surface area contributed by atoms with Crippen LogP contribution in [-0.4, -0.2) is 70.6 Å². The third-order valence-electron chi connectivity index (χ3n) is 3.45. The molecular weight excluding hydrogens is 274 g/mol. The Bertz CT molecular complexity index is 510. The molecule has 0 atom stereocenters. The van der Waals surface area contributed by atoms with Gasteiger partial charge in [-0.1, -0.05) is 5.92 Å². The fourth-order valence-electron chi connectivity index (χ4n) is 2.22. The number of ether oxygens (including phenoxy) is 1. The van der Waals surface area contributed by atoms with Crippen molar-refractivity contribution in [2.75, 3.05) is 46.4 Å². The largest absolute Gasteiger partial charge is 0.383 e. The van der Waals surface area contributed by atoms with Gasteiger partial charge in [-0.3, -0.25) is 9.80 Å². The molecule has 20 heavy (non-hydrogen) atoms. The highest BCUT2D eigenvalue weighted by Crippen LogP contribution is 2.04. The smallest absolute Gasteiger partial charge is 0.198 e. The van der Waals surface area contributed by atoms with Gasteiger partial charge in [0.05, 0.1) is 19.8 Å². The van der Waals surface area contributed by atoms with Gasteiger partial charge in [0, 0.05) is 39.8 Å². The van der Waals surface area contributed by atoms with E-state index in [4.69, 9.17) is 23.4 Å². The van der Waals surface area contributed by atoms with E-state index < -0.39 is 0 Å². The lowest BCUT2D eigenvalue weighted by molar-refractivity contribution is 0.111. The number of aromatic nitrogens is 3. The SMILES string of the molecule is C#CCN1CCN(Cn2ncn(CCOC)c2=S)CC1. The quantitative estimate of drug-likeness (QED) is 0.556. The Hall–Kier alpha value is -1.20. The minimum absolute atomic E-state index is 0.644. The van der Waals surface area contributed by atoms with Crippen LogP contribution in [-0.2, 0) is 18.0 Å². The van der Waals surface area contributed by atoms with Crippen LogP contribution in [0.15, 0.2) is 6.33 Å². The first-order valence-electron chi connectivity index (χ1n) is 6.74. The highest BCUT2D eigenvalue weighted by Gasteiger charge is 2.16. The standard InChI is InChI=1S/C13H21N5OS/c1-3-4-15-5-7-16(8-6-15)12-18-13(20)17(11-14-18)9-10-19-2/h1,11H,4-10,12H2,2H3. The Kier molecular flexibility index (Phi) is 5.73. The first-order chi connectivity index (χ1) is 9.74. The Balaban J connectivity index is 1.87. The summed E-state index contributed by atoms with van der Waals surface area (Å²) < 4.78 is 9.60. The minimum Gasteiger partial charge on any atom is -0.383 e. The van der Waals surface area contributed by atoms with Crippen LogP contribution < -0.4 is 0 Å². The molecule has 0 saturated carbocycles. The molecule has 1 aliphatic rings. The summed E-state index contributed by atoms with van der Waals surface area (Å²) in [5.41, 5.74) is 0. The monoisotopic (exact) mass is 295 g/mol. The molecule has 6 nitrogen and oxygen atoms in total. The Morgan fingerprint density at radius 2 is 2.05 bits per heavy atom. The van der Waals surface area contributed by atoms with Gasteiger partial charge < -0.3 is 9.30 Å². The lowest BCUT2D eigenvalue weighted by Crippen LogP contribution is -2.46. The van der Waals surface area contributed by atoms with E-state index in [2.05, 4.69) is 20.8 Å². The molecule has 110 valence electrons. The number of hydrogen-bond donors (Lipinski definition) is 0. The summed E-state index contributed by atoms with van der Waals surface area (Å²) in [7, 11) is 1.68. The normalized spacial score (nSPS) is 17.2. The number of methoxy groups -OCH3 is 1. The van der Waals surface area contributed by atoms with E-state index in [0.29, 0.717) is 6.61 Å². The summed E-state index contributed by atoms with van der Waals surface area (Å²) in [5.74, 6) is 2.69. The first-order valence-corrected chi connectivity index (χ1v) is 7.14. The molecule has 7 heteroatoms. The van der Waals surface area contributed by atoms with E-state index >= 15 is 0 Å². The Labute approximate surface area is 124 Å². The van der Waals surface area contributed by atoms with Gasteiger partial charge in [0.1, 0.15) is 6.33 Å². The third kappa shape index (κ3) is 3.90. The van der Waals surface area contributed by atoms with Crippen molar-refractivity contribution in [2.24, 2.45) is 0 Å². The van der Waals surface area contributed by atoms with Crippen molar-refractivity contribution in [3.8, 4) is 12.3 Å². The summed E-state index contributed by atoms with van der Waals surface area (Å²) in [4.78, 5) is 4.63. The highest BCUT2D eigenvalue weighted by molar-refractivity contribution is 7.71. The molecule has 0 aromatic carbocycles. The molecule has 0 amide bonds. The zero-order valence-corrected chi connectivity index (χ0v) is 12.7. The zero-order valence-electron chi connectivity index (χ0n) is 11.9. The number of terminal acetylenes is 1. The van der Waals surface area contributed by atoms with Crippen molar-refractivity contribution in [1.29, 1.82) is 0 Å². The predicted octanol–water partition coefficient (Wildman–Crippen LogP) is 0.269. The number of hydrogen-bond acceptors (Lipinski definition) is 5. The van der Waals surface area contributed by atoms with E-state index in [1.54, 1.807) is 13.4 Å². The zero-order chi connectivity index (χ0) is 14.4. The molecule has 2 heterocycles. The van der Waals surface area contributed by atoms with Crippen LogP contribution in [0, 0.1) is 17.1 Å². The lowest BCUT2D eigenvalue weighted by atomic mass is 10.3. The van der Waals surface area contributed by atoms with Crippen molar-refractivity contribution in [1.82, 2.24) is 24.1 Å². The summed E-state index contributed by atoms with van der Waals surface area (Å²) >= 11 is 5.42. The lowest BCUT2D eigenvalue weighted by Gasteiger charge is -2.33. The highest BCUT2D eigenvalue weighted by atomic mass is 32.1. The summed E-state index contributed by atoms with van der Waals surface area (Å²) in [6, 6.07) is 0. The maximum atomic E-state index is 5.42. The molecule has 1 aromatic rings. The average molecular weight is 295 g/mol. The van der Waals surface area contributed by atoms with E-state index in [-0.39, 0.29) is 0 Å². The molecule has 0 radical (unpaired) electrons. The summed E-state index contributed by atoms with van der Waals surface area (Å²) in [6.45, 7) is 6.85. The van der Waals surface area contributed by atoms with E-state index in [1.165, 1.54) is 0 Å². The molecule has 1 aliphatic heterocycles. The first kappa shape index (κ1) is 15.2. The van der Waals surface area contributed by atoms with Crippen LogP contribution in [0.5, 0.6) is 0 Å². The maximum absolute atomic E-state index is 5.42. The van der Waals surface area contributed by atoms with E-state index in [1.807, 2.05) is 9.25 Å². The number of nitrogens with zero attached hydrogens (tertiary/aromatic N) is 5. The summed E-state index contributed by atoms with van der Waals surface area (Å²) in [6.07, 6.45) is 7.11. The number of rotatable bonds is 6. The van der Waals surface area contributed by atoms with Gasteiger partial charge in [-0.05, 0) is 12.2 Å². The fraction of sp³-hybridized carbons (Fsp3) is 0.692. The predicted molar refractivity (Wildman–Crippen MR) is 79.8 cm³/mol. The van der Waals surface area contributed by atoms with Gasteiger partial charge in [-0.15, -0.1) is 6.42 Å². The number of piperazine rings is 1. The maximum Gasteiger partial charge on any atom is 0.198 e. The van der Waals surface area contributed by atoms with Crippen molar-refractivity contribution < 1.29 is 4.74 Å². The minimum atomic E-state index is 0.644. The van der Waals surface area contributed by atoms with Gasteiger partial charge in [0.25, 0.3) is 0 Å². The van der Waals surface area contributed by atoms with Crippen molar-refractivity contribution >= 4 is 12.2 Å². The molecule has 0 N–H and O–H groups in total. The van der Waals surface area contributed by atoms with E-state index in [0.717, 1.165) is 50.7 Å². The fourth-order valence-corrected chi connectivity index (χ4v) is 2.46. The Morgan fingerprint density at radius 3 is 2.70 bits per heavy atom. The van der Waals surface area contributed by atoms with Crippen molar-refractivity contribution in [3.05, 3.63) is 11.1 Å². The van der Waals surface area contributed by atoms with Crippen LogP contribution in [0.4, 0.5) is 0 Å². The van der Waals surface area contributed by atoms with Crippen LogP contribution in [0.3, 0.4) is 0 Å². The third-order valence-corrected chi connectivity index (χ3v) is 3.89. The second-order valence-corrected chi connectivity index (χ2v) is 5.20. The van der Waals surface area contributed by atoms with E-state index in [9.17, 15) is 0 Å². The molecule has 1 aromatic heterocycles. The second kappa shape index (κ2) is 7.55. The van der Waals surface area contributed by atoms with Crippen LogP contribution in [0.1, 0.15) is 0 Å². The van der Waals surface area contributed by atoms with Crippen LogP contribution in [0.2, 0.25) is 0 Å². The molecule has 1 fully saturated rings. The molecule has 2 rings (SSSR count).